The van der Waals surface area contributed by atoms with Crippen LogP contribution in [0, 0.1) is 17.0 Å². The fraction of sp³-hybridized carbons (Fsp3) is 0.286. The predicted octanol–water partition coefficient (Wildman–Crippen LogP) is 5.29. The first kappa shape index (κ1) is 17.9. The van der Waals surface area contributed by atoms with Crippen molar-refractivity contribution in [3.05, 3.63) is 69.3 Å². The number of likely N-dealkylation sites (N-methyl/N-ethyl adjacent to an activating group) is 1. The van der Waals surface area contributed by atoms with Gasteiger partial charge in [0.25, 0.3) is 5.69 Å². The molecule has 134 valence electrons. The van der Waals surface area contributed by atoms with Crippen LogP contribution in [0.5, 0.6) is 0 Å². The maximum atomic E-state index is 10.7. The van der Waals surface area contributed by atoms with E-state index in [4.69, 9.17) is 0 Å². The number of anilines is 1. The summed E-state index contributed by atoms with van der Waals surface area (Å²) < 4.78 is 0. The first-order chi connectivity index (χ1) is 12.2. The summed E-state index contributed by atoms with van der Waals surface area (Å²) in [6.07, 6.45) is 4.10. The fourth-order valence-corrected chi connectivity index (χ4v) is 3.26. The van der Waals surface area contributed by atoms with Crippen molar-refractivity contribution in [1.29, 1.82) is 0 Å². The van der Waals surface area contributed by atoms with E-state index in [1.54, 1.807) is 12.1 Å². The van der Waals surface area contributed by atoms with Crippen LogP contribution in [0.3, 0.4) is 0 Å². The summed E-state index contributed by atoms with van der Waals surface area (Å²) >= 11 is 0. The lowest BCUT2D eigenvalue weighted by Crippen LogP contribution is -2.42. The summed E-state index contributed by atoms with van der Waals surface area (Å²) in [5.41, 5.74) is 6.63. The van der Waals surface area contributed by atoms with E-state index in [1.807, 2.05) is 6.21 Å². The van der Waals surface area contributed by atoms with Crippen molar-refractivity contribution in [1.82, 2.24) is 0 Å². The normalized spacial score (nSPS) is 15.7. The minimum absolute atomic E-state index is 0.0160. The maximum absolute atomic E-state index is 10.7. The first-order valence-corrected chi connectivity index (χ1v) is 8.56. The average Bonchev–Trinajstić information content (AvgIpc) is 2.58. The number of aryl methyl sites for hydroxylation is 1. The molecule has 2 aromatic carbocycles. The molecule has 0 fully saturated rings. The predicted molar refractivity (Wildman–Crippen MR) is 108 cm³/mol. The minimum Gasteiger partial charge on any atom is -0.365 e. The van der Waals surface area contributed by atoms with Crippen molar-refractivity contribution in [2.75, 3.05) is 11.9 Å². The molecule has 1 aliphatic heterocycles. The molecule has 5 nitrogen and oxygen atoms in total. The second-order valence-electron chi connectivity index (χ2n) is 7.30. The van der Waals surface area contributed by atoms with Crippen molar-refractivity contribution in [3.63, 3.8) is 0 Å². The van der Waals surface area contributed by atoms with E-state index in [0.29, 0.717) is 5.69 Å². The van der Waals surface area contributed by atoms with Gasteiger partial charge in [-0.1, -0.05) is 6.08 Å². The van der Waals surface area contributed by atoms with Crippen LogP contribution in [0.25, 0.3) is 5.57 Å². The van der Waals surface area contributed by atoms with Gasteiger partial charge in [-0.2, -0.15) is 0 Å². The summed E-state index contributed by atoms with van der Waals surface area (Å²) in [4.78, 5) is 17.1. The van der Waals surface area contributed by atoms with Crippen LogP contribution in [0.1, 0.15) is 37.5 Å². The van der Waals surface area contributed by atoms with Crippen LogP contribution in [0.15, 0.2) is 47.5 Å². The van der Waals surface area contributed by atoms with E-state index in [0.717, 1.165) is 11.1 Å². The minimum atomic E-state index is -0.409. The summed E-state index contributed by atoms with van der Waals surface area (Å²) in [5.74, 6) is 0. The zero-order valence-corrected chi connectivity index (χ0v) is 15.8. The summed E-state index contributed by atoms with van der Waals surface area (Å²) in [6.45, 7) is 8.63. The highest BCUT2D eigenvalue weighted by Crippen LogP contribution is 2.39. The van der Waals surface area contributed by atoms with E-state index in [9.17, 15) is 10.1 Å². The van der Waals surface area contributed by atoms with Crippen LogP contribution in [0.2, 0.25) is 0 Å². The van der Waals surface area contributed by atoms with Gasteiger partial charge in [0.1, 0.15) is 0 Å². The van der Waals surface area contributed by atoms with Gasteiger partial charge in [-0.3, -0.25) is 15.1 Å². The molecule has 26 heavy (non-hydrogen) atoms. The van der Waals surface area contributed by atoms with E-state index >= 15 is 0 Å². The molecule has 0 spiro atoms. The van der Waals surface area contributed by atoms with Crippen molar-refractivity contribution < 1.29 is 4.92 Å². The van der Waals surface area contributed by atoms with Crippen molar-refractivity contribution >= 4 is 28.8 Å². The van der Waals surface area contributed by atoms with E-state index in [-0.39, 0.29) is 11.2 Å². The fourth-order valence-electron chi connectivity index (χ4n) is 3.26. The number of allylic oxidation sites excluding steroid dienone is 1. The topological polar surface area (TPSA) is 58.7 Å². The Bertz CT molecular complexity index is 925. The lowest BCUT2D eigenvalue weighted by atomic mass is 9.87. The third-order valence-electron chi connectivity index (χ3n) is 5.02. The van der Waals surface area contributed by atoms with Crippen LogP contribution in [-0.4, -0.2) is 23.7 Å². The Morgan fingerprint density at radius 1 is 1.15 bits per heavy atom. The Balaban J connectivity index is 1.95. The zero-order valence-electron chi connectivity index (χ0n) is 15.8. The van der Waals surface area contributed by atoms with E-state index < -0.39 is 4.92 Å². The molecule has 1 aliphatic rings. The highest BCUT2D eigenvalue weighted by Gasteiger charge is 2.28. The van der Waals surface area contributed by atoms with E-state index in [1.165, 1.54) is 29.0 Å². The molecular weight excluding hydrogens is 326 g/mol. The van der Waals surface area contributed by atoms with Gasteiger partial charge in [-0.15, -0.1) is 0 Å². The van der Waals surface area contributed by atoms with Crippen LogP contribution in [0.4, 0.5) is 17.1 Å². The summed E-state index contributed by atoms with van der Waals surface area (Å²) in [6, 6.07) is 10.6. The molecule has 5 heteroatoms. The van der Waals surface area contributed by atoms with Crippen LogP contribution < -0.4 is 4.90 Å². The van der Waals surface area contributed by atoms with Gasteiger partial charge in [0.05, 0.1) is 16.1 Å². The van der Waals surface area contributed by atoms with Crippen molar-refractivity contribution in [2.45, 2.75) is 33.2 Å². The SMILES string of the molecule is CC1=CC(C)(C)N(C)c2cc(C)c(C=Nc3ccc([N+](=O)[O-])cc3)cc21. The molecule has 1 heterocycles. The van der Waals surface area contributed by atoms with Crippen molar-refractivity contribution in [2.24, 2.45) is 4.99 Å². The first-order valence-electron chi connectivity index (χ1n) is 8.56. The molecule has 0 aromatic heterocycles. The molecule has 2 aromatic rings. The quantitative estimate of drug-likeness (QED) is 0.430. The number of benzene rings is 2. The Kier molecular flexibility index (Phi) is 4.40. The monoisotopic (exact) mass is 349 g/mol. The largest absolute Gasteiger partial charge is 0.365 e. The van der Waals surface area contributed by atoms with Crippen LogP contribution in [-0.2, 0) is 0 Å². The van der Waals surface area contributed by atoms with Gasteiger partial charge in [-0.05, 0) is 68.7 Å². The molecule has 0 N–H and O–H groups in total. The lowest BCUT2D eigenvalue weighted by Gasteiger charge is -2.41. The van der Waals surface area contributed by atoms with Gasteiger partial charge >= 0.3 is 0 Å². The average molecular weight is 349 g/mol. The maximum Gasteiger partial charge on any atom is 0.269 e. The molecule has 0 radical (unpaired) electrons. The second-order valence-corrected chi connectivity index (χ2v) is 7.30. The third kappa shape index (κ3) is 3.25. The Morgan fingerprint density at radius 3 is 2.42 bits per heavy atom. The zero-order chi connectivity index (χ0) is 19.1. The standard InChI is InChI=1S/C21H23N3O2/c1-14-10-20-19(15(2)12-21(3,4)23(20)5)11-16(14)13-22-17-6-8-18(9-7-17)24(25)26/h6-13H,1-5H3. The summed E-state index contributed by atoms with van der Waals surface area (Å²) in [7, 11) is 2.12. The molecule has 0 aliphatic carbocycles. The number of non-ortho nitro benzene ring substituents is 1. The van der Waals surface area contributed by atoms with Gasteiger partial charge in [0.2, 0.25) is 0 Å². The second kappa shape index (κ2) is 6.41. The number of hydrogen-bond donors (Lipinski definition) is 0. The molecule has 0 saturated heterocycles. The molecule has 0 unspecified atom stereocenters. The number of nitro benzene ring substituents is 1. The molecule has 0 saturated carbocycles. The molecular formula is C21H23N3O2. The van der Waals surface area contributed by atoms with Gasteiger partial charge in [0, 0.05) is 36.6 Å². The number of nitro groups is 1. The highest BCUT2D eigenvalue weighted by atomic mass is 16.6. The Hall–Kier alpha value is -2.95. The van der Waals surface area contributed by atoms with Gasteiger partial charge in [-0.25, -0.2) is 0 Å². The number of fused-ring (bicyclic) bond motifs is 1. The molecule has 0 atom stereocenters. The highest BCUT2D eigenvalue weighted by molar-refractivity contribution is 5.90. The lowest BCUT2D eigenvalue weighted by molar-refractivity contribution is -0.384. The van der Waals surface area contributed by atoms with E-state index in [2.05, 4.69) is 62.8 Å². The molecule has 0 amide bonds. The Labute approximate surface area is 153 Å². The molecule has 0 bridgehead atoms. The smallest absolute Gasteiger partial charge is 0.269 e. The van der Waals surface area contributed by atoms with Crippen molar-refractivity contribution in [3.8, 4) is 0 Å². The number of aliphatic imine (C=N–C) groups is 1. The van der Waals surface area contributed by atoms with Gasteiger partial charge in [0.15, 0.2) is 0 Å². The number of rotatable bonds is 3. The summed E-state index contributed by atoms with van der Waals surface area (Å²) in [5, 5.41) is 10.7. The number of nitrogens with zero attached hydrogens (tertiary/aromatic N) is 3. The van der Waals surface area contributed by atoms with Crippen LogP contribution >= 0.6 is 0 Å². The Morgan fingerprint density at radius 2 is 1.81 bits per heavy atom. The number of hydrogen-bond acceptors (Lipinski definition) is 4. The molecule has 3 rings (SSSR count). The third-order valence-corrected chi connectivity index (χ3v) is 5.02. The van der Waals surface area contributed by atoms with Gasteiger partial charge < -0.3 is 4.90 Å².